The average Bonchev–Trinajstić information content (AvgIpc) is 2.82. The van der Waals surface area contributed by atoms with E-state index in [1.54, 1.807) is 0 Å². The van der Waals surface area contributed by atoms with E-state index in [1.165, 1.54) is 24.8 Å². The molecule has 0 aromatic heterocycles. The van der Waals surface area contributed by atoms with Crippen LogP contribution in [0.2, 0.25) is 0 Å². The van der Waals surface area contributed by atoms with Gasteiger partial charge in [0, 0.05) is 24.3 Å². The summed E-state index contributed by atoms with van der Waals surface area (Å²) in [5, 5.41) is 0. The fourth-order valence-corrected chi connectivity index (χ4v) is 2.85. The van der Waals surface area contributed by atoms with Crippen LogP contribution in [0.25, 0.3) is 0 Å². The Labute approximate surface area is 122 Å². The molecule has 0 unspecified atom stereocenters. The summed E-state index contributed by atoms with van der Waals surface area (Å²) in [5.41, 5.74) is 10.2. The Morgan fingerprint density at radius 1 is 1.25 bits per heavy atom. The fourth-order valence-electron chi connectivity index (χ4n) is 2.85. The van der Waals surface area contributed by atoms with Crippen molar-refractivity contribution in [1.29, 1.82) is 0 Å². The molecule has 3 heteroatoms. The van der Waals surface area contributed by atoms with Gasteiger partial charge in [0.05, 0.1) is 0 Å². The lowest BCUT2D eigenvalue weighted by atomic mass is 10.1. The summed E-state index contributed by atoms with van der Waals surface area (Å²) in [6.45, 7) is 5.04. The lowest BCUT2D eigenvalue weighted by Crippen LogP contribution is -2.28. The molecule has 1 aliphatic heterocycles. The van der Waals surface area contributed by atoms with Crippen LogP contribution in [0.1, 0.15) is 56.6 Å². The minimum absolute atomic E-state index is 0.253. The molecular weight excluding hydrogens is 248 g/mol. The number of unbranched alkanes of at least 4 members (excludes halogenated alkanes) is 4. The molecule has 0 fully saturated rings. The van der Waals surface area contributed by atoms with E-state index in [4.69, 9.17) is 5.73 Å². The molecule has 0 saturated carbocycles. The van der Waals surface area contributed by atoms with Gasteiger partial charge in [0.15, 0.2) is 0 Å². The number of rotatable bonds is 6. The first-order chi connectivity index (χ1) is 9.63. The first-order valence-electron chi connectivity index (χ1n) is 7.83. The second kappa shape index (κ2) is 6.78. The maximum absolute atomic E-state index is 12.3. The molecule has 1 heterocycles. The normalized spacial score (nSPS) is 13.6. The standard InChI is InChI=1S/C17H26N2O/c1-3-4-5-6-7-8-17(20)19-10-9-14-11-13(2)15(18)12-16(14)19/h11-12H,3-10,18H2,1-2H3. The largest absolute Gasteiger partial charge is 0.398 e. The van der Waals surface area contributed by atoms with Gasteiger partial charge in [-0.1, -0.05) is 38.7 Å². The zero-order valence-corrected chi connectivity index (χ0v) is 12.7. The van der Waals surface area contributed by atoms with E-state index < -0.39 is 0 Å². The van der Waals surface area contributed by atoms with E-state index >= 15 is 0 Å². The van der Waals surface area contributed by atoms with Crippen molar-refractivity contribution < 1.29 is 4.79 Å². The number of carbonyl (C=O) groups is 1. The number of nitrogens with zero attached hydrogens (tertiary/aromatic N) is 1. The van der Waals surface area contributed by atoms with Crippen molar-refractivity contribution in [2.45, 2.75) is 58.8 Å². The van der Waals surface area contributed by atoms with Crippen LogP contribution in [0.5, 0.6) is 0 Å². The molecule has 2 rings (SSSR count). The van der Waals surface area contributed by atoms with Gasteiger partial charge in [0.25, 0.3) is 0 Å². The molecule has 1 aromatic carbocycles. The maximum atomic E-state index is 12.3. The monoisotopic (exact) mass is 274 g/mol. The molecule has 1 aliphatic rings. The number of benzene rings is 1. The van der Waals surface area contributed by atoms with Crippen LogP contribution in [-0.4, -0.2) is 12.5 Å². The zero-order chi connectivity index (χ0) is 14.5. The van der Waals surface area contributed by atoms with Crippen LogP contribution >= 0.6 is 0 Å². The van der Waals surface area contributed by atoms with Crippen molar-refractivity contribution in [3.05, 3.63) is 23.3 Å². The third-order valence-corrected chi connectivity index (χ3v) is 4.16. The SMILES string of the molecule is CCCCCCCC(=O)N1CCc2cc(C)c(N)cc21. The summed E-state index contributed by atoms with van der Waals surface area (Å²) in [4.78, 5) is 14.2. The number of aryl methyl sites for hydroxylation is 1. The third kappa shape index (κ3) is 3.33. The molecule has 1 aromatic rings. The van der Waals surface area contributed by atoms with Gasteiger partial charge in [-0.2, -0.15) is 0 Å². The van der Waals surface area contributed by atoms with Crippen LogP contribution in [0.4, 0.5) is 11.4 Å². The van der Waals surface area contributed by atoms with Gasteiger partial charge in [-0.3, -0.25) is 4.79 Å². The highest BCUT2D eigenvalue weighted by Gasteiger charge is 2.24. The Balaban J connectivity index is 1.92. The van der Waals surface area contributed by atoms with Crippen molar-refractivity contribution in [1.82, 2.24) is 0 Å². The van der Waals surface area contributed by atoms with Gasteiger partial charge in [-0.05, 0) is 37.0 Å². The Morgan fingerprint density at radius 3 is 2.75 bits per heavy atom. The summed E-state index contributed by atoms with van der Waals surface area (Å²) in [6.07, 6.45) is 7.55. The predicted molar refractivity (Wildman–Crippen MR) is 85.0 cm³/mol. The molecule has 20 heavy (non-hydrogen) atoms. The van der Waals surface area contributed by atoms with Crippen molar-refractivity contribution >= 4 is 17.3 Å². The minimum atomic E-state index is 0.253. The quantitative estimate of drug-likeness (QED) is 0.633. The fraction of sp³-hybridized carbons (Fsp3) is 0.588. The van der Waals surface area contributed by atoms with E-state index in [0.29, 0.717) is 6.42 Å². The predicted octanol–water partition coefficient (Wildman–Crippen LogP) is 3.83. The molecule has 0 saturated heterocycles. The molecule has 110 valence electrons. The molecular formula is C17H26N2O. The molecule has 0 radical (unpaired) electrons. The van der Waals surface area contributed by atoms with E-state index in [1.807, 2.05) is 17.9 Å². The molecule has 1 amide bonds. The van der Waals surface area contributed by atoms with Crippen LogP contribution in [0, 0.1) is 6.92 Å². The molecule has 2 N–H and O–H groups in total. The van der Waals surface area contributed by atoms with E-state index in [-0.39, 0.29) is 5.91 Å². The van der Waals surface area contributed by atoms with Crippen LogP contribution < -0.4 is 10.6 Å². The van der Waals surface area contributed by atoms with Crippen molar-refractivity contribution in [2.24, 2.45) is 0 Å². The Morgan fingerprint density at radius 2 is 2.00 bits per heavy atom. The van der Waals surface area contributed by atoms with Gasteiger partial charge >= 0.3 is 0 Å². The number of carbonyl (C=O) groups excluding carboxylic acids is 1. The lowest BCUT2D eigenvalue weighted by molar-refractivity contribution is -0.118. The Hall–Kier alpha value is -1.51. The number of nitrogen functional groups attached to an aromatic ring is 1. The Kier molecular flexibility index (Phi) is 5.05. The van der Waals surface area contributed by atoms with E-state index in [0.717, 1.165) is 42.7 Å². The molecule has 0 spiro atoms. The third-order valence-electron chi connectivity index (χ3n) is 4.16. The van der Waals surface area contributed by atoms with Gasteiger partial charge in [-0.25, -0.2) is 0 Å². The van der Waals surface area contributed by atoms with Gasteiger partial charge < -0.3 is 10.6 Å². The topological polar surface area (TPSA) is 46.3 Å². The van der Waals surface area contributed by atoms with E-state index in [9.17, 15) is 4.79 Å². The number of anilines is 2. The summed E-state index contributed by atoms with van der Waals surface area (Å²) in [6, 6.07) is 4.09. The summed E-state index contributed by atoms with van der Waals surface area (Å²) in [5.74, 6) is 0.253. The molecule has 0 aliphatic carbocycles. The van der Waals surface area contributed by atoms with E-state index in [2.05, 4.69) is 13.0 Å². The van der Waals surface area contributed by atoms with Gasteiger partial charge in [-0.15, -0.1) is 0 Å². The van der Waals surface area contributed by atoms with Crippen molar-refractivity contribution in [2.75, 3.05) is 17.2 Å². The average molecular weight is 274 g/mol. The number of nitrogens with two attached hydrogens (primary N) is 1. The summed E-state index contributed by atoms with van der Waals surface area (Å²) >= 11 is 0. The first kappa shape index (κ1) is 14.9. The number of hydrogen-bond donors (Lipinski definition) is 1. The summed E-state index contributed by atoms with van der Waals surface area (Å²) < 4.78 is 0. The minimum Gasteiger partial charge on any atom is -0.398 e. The lowest BCUT2D eigenvalue weighted by Gasteiger charge is -2.18. The van der Waals surface area contributed by atoms with Crippen molar-refractivity contribution in [3.8, 4) is 0 Å². The van der Waals surface area contributed by atoms with Crippen LogP contribution in [0.3, 0.4) is 0 Å². The van der Waals surface area contributed by atoms with Gasteiger partial charge in [0.1, 0.15) is 0 Å². The van der Waals surface area contributed by atoms with Crippen LogP contribution in [-0.2, 0) is 11.2 Å². The number of hydrogen-bond acceptors (Lipinski definition) is 2. The second-order valence-electron chi connectivity index (χ2n) is 5.80. The number of amides is 1. The second-order valence-corrected chi connectivity index (χ2v) is 5.80. The number of fused-ring (bicyclic) bond motifs is 1. The van der Waals surface area contributed by atoms with Gasteiger partial charge in [0.2, 0.25) is 5.91 Å². The van der Waals surface area contributed by atoms with Crippen LogP contribution in [0.15, 0.2) is 12.1 Å². The maximum Gasteiger partial charge on any atom is 0.226 e. The first-order valence-corrected chi connectivity index (χ1v) is 7.83. The van der Waals surface area contributed by atoms with Crippen molar-refractivity contribution in [3.63, 3.8) is 0 Å². The molecule has 0 atom stereocenters. The smallest absolute Gasteiger partial charge is 0.226 e. The zero-order valence-electron chi connectivity index (χ0n) is 12.7. The highest BCUT2D eigenvalue weighted by molar-refractivity contribution is 5.96. The highest BCUT2D eigenvalue weighted by Crippen LogP contribution is 2.32. The highest BCUT2D eigenvalue weighted by atomic mass is 16.2. The summed E-state index contributed by atoms with van der Waals surface area (Å²) in [7, 11) is 0. The molecule has 3 nitrogen and oxygen atoms in total. The Bertz CT molecular complexity index is 482. The molecule has 0 bridgehead atoms.